The number of benzene rings is 12. The van der Waals surface area contributed by atoms with Crippen molar-refractivity contribution in [3.05, 3.63) is 315 Å². The van der Waals surface area contributed by atoms with Gasteiger partial charge in [0, 0.05) is 68.2 Å². The molecule has 3 N–H and O–H groups in total. The second-order valence-electron chi connectivity index (χ2n) is 23.6. The van der Waals surface area contributed by atoms with Gasteiger partial charge in [-0.2, -0.15) is 0 Å². The van der Waals surface area contributed by atoms with Crippen LogP contribution in [0.2, 0.25) is 0 Å². The van der Waals surface area contributed by atoms with E-state index in [1.54, 1.807) is 12.1 Å². The molecule has 0 bridgehead atoms. The summed E-state index contributed by atoms with van der Waals surface area (Å²) in [6, 6.07) is 108. The Labute approximate surface area is 559 Å². The van der Waals surface area contributed by atoms with Crippen molar-refractivity contribution in [1.29, 1.82) is 0 Å². The molecule has 10 nitrogen and oxygen atoms in total. The van der Waals surface area contributed by atoms with Crippen molar-refractivity contribution >= 4 is 68.2 Å². The quantitative estimate of drug-likeness (QED) is 0.0377. The van der Waals surface area contributed by atoms with E-state index in [2.05, 4.69) is 250 Å². The van der Waals surface area contributed by atoms with Crippen LogP contribution in [-0.4, -0.2) is 47.3 Å². The Morgan fingerprint density at radius 2 is 0.505 bits per heavy atom. The molecule has 12 aromatic carbocycles. The van der Waals surface area contributed by atoms with Crippen LogP contribution >= 0.6 is 0 Å². The number of aliphatic hydroxyl groups excluding tert-OH is 2. The van der Waals surface area contributed by atoms with Crippen molar-refractivity contribution in [3.8, 4) is 45.3 Å². The lowest BCUT2D eigenvalue weighted by Crippen LogP contribution is -2.17. The number of ether oxygens (including phenoxy) is 3. The lowest BCUT2D eigenvalue weighted by atomic mass is 10.0. The fourth-order valence-electron chi connectivity index (χ4n) is 11.8. The van der Waals surface area contributed by atoms with Gasteiger partial charge in [0.05, 0.1) is 18.8 Å². The van der Waals surface area contributed by atoms with Crippen LogP contribution in [0.4, 0.5) is 68.2 Å². The Balaban J connectivity index is 0.587. The highest BCUT2D eigenvalue weighted by Crippen LogP contribution is 2.42. The summed E-state index contributed by atoms with van der Waals surface area (Å²) in [6.07, 6.45) is 5.34. The Morgan fingerprint density at radius 3 is 0.811 bits per heavy atom. The summed E-state index contributed by atoms with van der Waals surface area (Å²) in [7, 11) is 0. The summed E-state index contributed by atoms with van der Waals surface area (Å²) in [5.41, 5.74) is 16.8. The van der Waals surface area contributed by atoms with E-state index >= 15 is 0 Å². The number of anilines is 12. The van der Waals surface area contributed by atoms with E-state index in [0.717, 1.165) is 134 Å². The molecule has 12 rings (SSSR count). The van der Waals surface area contributed by atoms with Gasteiger partial charge in [0.25, 0.3) is 0 Å². The maximum atomic E-state index is 10.9. The number of phenols is 1. The van der Waals surface area contributed by atoms with Gasteiger partial charge in [-0.1, -0.05) is 154 Å². The summed E-state index contributed by atoms with van der Waals surface area (Å²) in [4.78, 5) is 8.91. The Morgan fingerprint density at radius 1 is 0.263 bits per heavy atom. The Bertz CT molecular complexity index is 4230. The molecule has 0 aromatic heterocycles. The highest BCUT2D eigenvalue weighted by atomic mass is 16.5. The number of aliphatic hydroxyl groups is 2. The lowest BCUT2D eigenvalue weighted by molar-refractivity contribution is 0.0974. The summed E-state index contributed by atoms with van der Waals surface area (Å²) in [6.45, 7) is 3.09. The van der Waals surface area contributed by atoms with Gasteiger partial charge in [-0.3, -0.25) is 0 Å². The van der Waals surface area contributed by atoms with Crippen LogP contribution in [0, 0.1) is 0 Å². The minimum Gasteiger partial charge on any atom is -0.508 e. The van der Waals surface area contributed by atoms with E-state index in [1.807, 2.05) is 79.7 Å². The fourth-order valence-corrected chi connectivity index (χ4v) is 11.8. The molecule has 2 atom stereocenters. The van der Waals surface area contributed by atoms with Crippen molar-refractivity contribution in [3.63, 3.8) is 0 Å². The zero-order chi connectivity index (χ0) is 65.0. The number of hydrogen-bond donors (Lipinski definition) is 3. The first kappa shape index (κ1) is 64.1. The normalized spacial score (nSPS) is 11.7. The average molecular weight is 1250 g/mol. The third-order valence-electron chi connectivity index (χ3n) is 16.9. The predicted octanol–water partition coefficient (Wildman–Crippen LogP) is 21.9. The van der Waals surface area contributed by atoms with Crippen LogP contribution < -0.4 is 33.8 Å². The van der Waals surface area contributed by atoms with Crippen molar-refractivity contribution in [1.82, 2.24) is 0 Å². The highest BCUT2D eigenvalue weighted by Gasteiger charge is 2.19. The zero-order valence-corrected chi connectivity index (χ0v) is 53.6. The van der Waals surface area contributed by atoms with Gasteiger partial charge in [0.2, 0.25) is 0 Å². The summed E-state index contributed by atoms with van der Waals surface area (Å²) in [5.74, 6) is 2.52. The first-order chi connectivity index (χ1) is 46.8. The molecular formula is C85H80N4O6. The van der Waals surface area contributed by atoms with Crippen molar-refractivity contribution < 1.29 is 29.5 Å². The Kier molecular flexibility index (Phi) is 21.6. The van der Waals surface area contributed by atoms with Crippen molar-refractivity contribution in [2.45, 2.75) is 64.1 Å². The molecule has 0 saturated heterocycles. The Hall–Kier alpha value is -11.0. The smallest absolute Gasteiger partial charge is 0.119 e. The number of aromatic hydroxyl groups is 1. The maximum absolute atomic E-state index is 10.9. The van der Waals surface area contributed by atoms with Crippen LogP contribution in [-0.2, 0) is 0 Å². The van der Waals surface area contributed by atoms with Crippen LogP contribution in [0.1, 0.15) is 51.9 Å². The molecule has 0 heterocycles. The molecular weight excluding hydrogens is 1170 g/mol. The van der Waals surface area contributed by atoms with Gasteiger partial charge in [-0.05, 0) is 236 Å². The van der Waals surface area contributed by atoms with E-state index in [9.17, 15) is 15.3 Å². The van der Waals surface area contributed by atoms with Crippen LogP contribution in [0.25, 0.3) is 22.3 Å². The number of unbranched alkanes of at least 4 members (excludes halogenated alkanes) is 4. The third-order valence-corrected chi connectivity index (χ3v) is 16.9. The summed E-state index contributed by atoms with van der Waals surface area (Å²) in [5, 5.41) is 30.9. The molecule has 10 heteroatoms. The molecule has 0 spiro atoms. The summed E-state index contributed by atoms with van der Waals surface area (Å²) >= 11 is 0. The van der Waals surface area contributed by atoms with Gasteiger partial charge in [0.15, 0.2) is 0 Å². The molecule has 12 aromatic rings. The second-order valence-corrected chi connectivity index (χ2v) is 23.6. The molecule has 0 radical (unpaired) electrons. The van der Waals surface area contributed by atoms with E-state index < -0.39 is 12.2 Å². The van der Waals surface area contributed by atoms with Gasteiger partial charge in [-0.25, -0.2) is 0 Å². The van der Waals surface area contributed by atoms with Crippen LogP contribution in [0.3, 0.4) is 0 Å². The SMILES string of the molecule is CCC(O)COc1ccc(N(c2ccccc2)c2ccc(-c3ccc(N(c4ccccc4)c4ccc(OCCCCCCCC(O)COc5ccc(N(c6ccccc6)c6ccc(-c7ccc(N(c8ccccc8)c8ccc(O)cc8)cc7)cc6)cc5)cc4)cc3)cc2)cc1. The molecule has 476 valence electrons. The van der Waals surface area contributed by atoms with Gasteiger partial charge < -0.3 is 49.1 Å². The largest absolute Gasteiger partial charge is 0.508 e. The van der Waals surface area contributed by atoms with Crippen molar-refractivity contribution in [2.75, 3.05) is 39.4 Å². The number of hydrogen-bond acceptors (Lipinski definition) is 10. The standard InChI is InChI=1S/C85H80N4O6/c1-2-80(90)62-94-84-57-49-78(50-58-84)88(70-24-14-8-15-25-70)74-41-35-67(36-42-74)66-31-39-73(40-32-66)87(69-22-12-7-13-23-69)77-47-55-83(56-48-77)93-61-19-5-3-4-18-28-82(92)63-95-85-59-51-79(52-60-85)89(71-26-16-9-17-27-71)75-43-33-65(34-44-75)64-29-37-72(38-30-64)86(68-20-10-6-11-21-68)76-45-53-81(91)54-46-76/h6-17,20-27,29-60,80,82,90-92H,2-5,18-19,28,61-63H2,1H3. The minimum absolute atomic E-state index is 0.233. The molecule has 95 heavy (non-hydrogen) atoms. The number of nitrogens with zero attached hydrogens (tertiary/aromatic N) is 4. The molecule has 0 amide bonds. The number of rotatable bonds is 30. The monoisotopic (exact) mass is 1250 g/mol. The van der Waals surface area contributed by atoms with Gasteiger partial charge in [0.1, 0.15) is 36.2 Å². The summed E-state index contributed by atoms with van der Waals surface area (Å²) < 4.78 is 18.2. The molecule has 0 aliphatic rings. The average Bonchev–Trinajstić information content (AvgIpc) is 0.875. The molecule has 2 unspecified atom stereocenters. The van der Waals surface area contributed by atoms with Crippen molar-refractivity contribution in [2.24, 2.45) is 0 Å². The zero-order valence-electron chi connectivity index (χ0n) is 53.6. The highest BCUT2D eigenvalue weighted by molar-refractivity contribution is 5.83. The molecule has 0 fully saturated rings. The van der Waals surface area contributed by atoms with E-state index in [4.69, 9.17) is 14.2 Å². The van der Waals surface area contributed by atoms with E-state index in [-0.39, 0.29) is 19.0 Å². The number of para-hydroxylation sites is 4. The molecule has 0 aliphatic carbocycles. The number of phenolic OH excluding ortho intramolecular Hbond substituents is 1. The molecule has 0 saturated carbocycles. The predicted molar refractivity (Wildman–Crippen MR) is 391 cm³/mol. The fraction of sp³-hybridized carbons (Fsp3) is 0.153. The third kappa shape index (κ3) is 16.8. The van der Waals surface area contributed by atoms with Gasteiger partial charge in [-0.15, -0.1) is 0 Å². The lowest BCUT2D eigenvalue weighted by Gasteiger charge is -2.26. The minimum atomic E-state index is -0.552. The van der Waals surface area contributed by atoms with E-state index in [0.29, 0.717) is 25.2 Å². The topological polar surface area (TPSA) is 101 Å². The van der Waals surface area contributed by atoms with Gasteiger partial charge >= 0.3 is 0 Å². The first-order valence-electron chi connectivity index (χ1n) is 33.0. The first-order valence-corrected chi connectivity index (χ1v) is 33.0. The van der Waals surface area contributed by atoms with Crippen LogP contribution in [0.5, 0.6) is 23.0 Å². The maximum Gasteiger partial charge on any atom is 0.119 e. The van der Waals surface area contributed by atoms with E-state index in [1.165, 1.54) is 0 Å². The van der Waals surface area contributed by atoms with Crippen LogP contribution in [0.15, 0.2) is 315 Å². The second kappa shape index (κ2) is 32.0. The molecule has 0 aliphatic heterocycles.